The number of hydrogen-bond acceptors (Lipinski definition) is 4. The van der Waals surface area contributed by atoms with E-state index in [9.17, 15) is 4.79 Å². The van der Waals surface area contributed by atoms with Gasteiger partial charge in [0.2, 0.25) is 0 Å². The number of aromatic nitrogens is 1. The normalized spacial score (nSPS) is 15.4. The van der Waals surface area contributed by atoms with Gasteiger partial charge in [-0.05, 0) is 35.0 Å². The number of carbonyl (C=O) groups is 1. The number of rotatable bonds is 3. The minimum atomic E-state index is 0.130. The Kier molecular flexibility index (Phi) is 4.55. The van der Waals surface area contributed by atoms with E-state index in [0.717, 1.165) is 54.2 Å². The summed E-state index contributed by atoms with van der Waals surface area (Å²) in [6, 6.07) is 22.4. The minimum Gasteiger partial charge on any atom is -0.336 e. The van der Waals surface area contributed by atoms with E-state index in [2.05, 4.69) is 35.2 Å². The molecule has 0 saturated carbocycles. The number of piperazine rings is 1. The van der Waals surface area contributed by atoms with Crippen LogP contribution in [-0.4, -0.2) is 46.9 Å². The van der Waals surface area contributed by atoms with Crippen LogP contribution in [0.15, 0.2) is 66.7 Å². The van der Waals surface area contributed by atoms with Crippen molar-refractivity contribution in [2.45, 2.75) is 6.54 Å². The molecule has 0 atom stereocenters. The quantitative estimate of drug-likeness (QED) is 0.523. The number of carbonyl (C=O) groups excluding carboxylic acids is 1. The molecule has 4 aromatic rings. The molecule has 1 fully saturated rings. The molecule has 4 nitrogen and oxygen atoms in total. The lowest BCUT2D eigenvalue weighted by molar-refractivity contribution is 0.0628. The summed E-state index contributed by atoms with van der Waals surface area (Å²) < 4.78 is 1.24. The Morgan fingerprint density at radius 3 is 2.46 bits per heavy atom. The van der Waals surface area contributed by atoms with Crippen molar-refractivity contribution < 1.29 is 4.79 Å². The number of amides is 1. The summed E-state index contributed by atoms with van der Waals surface area (Å²) >= 11 is 1.76. The van der Waals surface area contributed by atoms with Crippen LogP contribution in [0.25, 0.3) is 21.0 Å². The predicted octanol–water partition coefficient (Wildman–Crippen LogP) is 4.41. The summed E-state index contributed by atoms with van der Waals surface area (Å²) in [5, 5.41) is 3.43. The van der Waals surface area contributed by atoms with Crippen LogP contribution in [0.4, 0.5) is 0 Å². The van der Waals surface area contributed by atoms with Crippen molar-refractivity contribution in [3.63, 3.8) is 0 Å². The van der Waals surface area contributed by atoms with Crippen molar-refractivity contribution >= 4 is 38.2 Å². The van der Waals surface area contributed by atoms with Crippen LogP contribution in [-0.2, 0) is 6.54 Å². The number of benzene rings is 3. The number of nitrogens with zero attached hydrogens (tertiary/aromatic N) is 3. The molecular formula is C23H21N3OS. The van der Waals surface area contributed by atoms with Crippen LogP contribution < -0.4 is 0 Å². The molecule has 0 unspecified atom stereocenters. The average molecular weight is 388 g/mol. The largest absolute Gasteiger partial charge is 0.336 e. The van der Waals surface area contributed by atoms with Crippen LogP contribution >= 0.6 is 11.3 Å². The van der Waals surface area contributed by atoms with E-state index in [1.54, 1.807) is 11.3 Å². The molecule has 5 rings (SSSR count). The molecule has 0 aliphatic carbocycles. The van der Waals surface area contributed by atoms with E-state index >= 15 is 0 Å². The van der Waals surface area contributed by atoms with Crippen molar-refractivity contribution in [2.24, 2.45) is 0 Å². The van der Waals surface area contributed by atoms with Crippen LogP contribution in [0.3, 0.4) is 0 Å². The molecule has 1 amide bonds. The molecule has 0 radical (unpaired) electrons. The lowest BCUT2D eigenvalue weighted by Gasteiger charge is -2.34. The number of thiazole rings is 1. The van der Waals surface area contributed by atoms with Gasteiger partial charge in [-0.2, -0.15) is 0 Å². The van der Waals surface area contributed by atoms with Gasteiger partial charge in [0, 0.05) is 31.7 Å². The summed E-state index contributed by atoms with van der Waals surface area (Å²) in [6.45, 7) is 4.15. The zero-order valence-corrected chi connectivity index (χ0v) is 16.4. The van der Waals surface area contributed by atoms with Gasteiger partial charge in [0.15, 0.2) is 0 Å². The predicted molar refractivity (Wildman–Crippen MR) is 115 cm³/mol. The monoisotopic (exact) mass is 387 g/mol. The van der Waals surface area contributed by atoms with Crippen LogP contribution in [0.1, 0.15) is 15.4 Å². The van der Waals surface area contributed by atoms with Crippen molar-refractivity contribution in [3.05, 3.63) is 77.3 Å². The van der Waals surface area contributed by atoms with Gasteiger partial charge < -0.3 is 4.90 Å². The molecule has 0 bridgehead atoms. The molecular weight excluding hydrogens is 366 g/mol. The Morgan fingerprint density at radius 2 is 1.64 bits per heavy atom. The molecule has 5 heteroatoms. The van der Waals surface area contributed by atoms with Gasteiger partial charge in [-0.25, -0.2) is 4.98 Å². The smallest absolute Gasteiger partial charge is 0.253 e. The van der Waals surface area contributed by atoms with Crippen LogP contribution in [0.2, 0.25) is 0 Å². The fraction of sp³-hybridized carbons (Fsp3) is 0.217. The molecule has 1 aromatic heterocycles. The molecule has 1 aliphatic heterocycles. The van der Waals surface area contributed by atoms with Gasteiger partial charge in [0.25, 0.3) is 5.91 Å². The van der Waals surface area contributed by atoms with Gasteiger partial charge in [-0.1, -0.05) is 42.5 Å². The van der Waals surface area contributed by atoms with Crippen molar-refractivity contribution in [1.82, 2.24) is 14.8 Å². The SMILES string of the molecule is O=C(c1ccc2ccccc2c1)N1CCN(Cc2nc3ccccc3s2)CC1. The minimum absolute atomic E-state index is 0.130. The highest BCUT2D eigenvalue weighted by Crippen LogP contribution is 2.23. The van der Waals surface area contributed by atoms with E-state index in [1.807, 2.05) is 41.3 Å². The third-order valence-corrected chi connectivity index (χ3v) is 6.37. The Morgan fingerprint density at radius 1 is 0.893 bits per heavy atom. The highest BCUT2D eigenvalue weighted by molar-refractivity contribution is 7.18. The maximum atomic E-state index is 12.9. The topological polar surface area (TPSA) is 36.4 Å². The van der Waals surface area contributed by atoms with E-state index in [-0.39, 0.29) is 5.91 Å². The third kappa shape index (κ3) is 3.39. The van der Waals surface area contributed by atoms with Gasteiger partial charge in [0.1, 0.15) is 5.01 Å². The van der Waals surface area contributed by atoms with E-state index in [4.69, 9.17) is 4.98 Å². The first-order valence-electron chi connectivity index (χ1n) is 9.61. The summed E-state index contributed by atoms with van der Waals surface area (Å²) in [5.74, 6) is 0.130. The second-order valence-electron chi connectivity index (χ2n) is 7.21. The molecule has 1 saturated heterocycles. The highest BCUT2D eigenvalue weighted by Gasteiger charge is 2.23. The Balaban J connectivity index is 1.24. The molecule has 0 N–H and O–H groups in total. The molecule has 0 spiro atoms. The molecule has 140 valence electrons. The molecule has 2 heterocycles. The maximum absolute atomic E-state index is 12.9. The number of para-hydroxylation sites is 1. The van der Waals surface area contributed by atoms with Gasteiger partial charge >= 0.3 is 0 Å². The highest BCUT2D eigenvalue weighted by atomic mass is 32.1. The average Bonchev–Trinajstić information content (AvgIpc) is 3.16. The van der Waals surface area contributed by atoms with Crippen molar-refractivity contribution in [2.75, 3.05) is 26.2 Å². The van der Waals surface area contributed by atoms with E-state index < -0.39 is 0 Å². The molecule has 3 aromatic carbocycles. The molecule has 1 aliphatic rings. The first-order chi connectivity index (χ1) is 13.8. The third-order valence-electron chi connectivity index (χ3n) is 5.35. The standard InChI is InChI=1S/C23H21N3OS/c27-23(19-10-9-17-5-1-2-6-18(17)15-19)26-13-11-25(12-14-26)16-22-24-20-7-3-4-8-21(20)28-22/h1-10,15H,11-14,16H2. The van der Waals surface area contributed by atoms with Gasteiger partial charge in [0.05, 0.1) is 16.8 Å². The van der Waals surface area contributed by atoms with Crippen LogP contribution in [0, 0.1) is 0 Å². The van der Waals surface area contributed by atoms with Crippen LogP contribution in [0.5, 0.6) is 0 Å². The maximum Gasteiger partial charge on any atom is 0.253 e. The summed E-state index contributed by atoms with van der Waals surface area (Å²) in [5.41, 5.74) is 1.85. The fourth-order valence-corrected chi connectivity index (χ4v) is 4.80. The molecule has 28 heavy (non-hydrogen) atoms. The second-order valence-corrected chi connectivity index (χ2v) is 8.32. The number of fused-ring (bicyclic) bond motifs is 2. The summed E-state index contributed by atoms with van der Waals surface area (Å²) in [6.07, 6.45) is 0. The summed E-state index contributed by atoms with van der Waals surface area (Å²) in [4.78, 5) is 22.0. The van der Waals surface area contributed by atoms with Crippen molar-refractivity contribution in [3.8, 4) is 0 Å². The zero-order chi connectivity index (χ0) is 18.9. The Labute approximate surface area is 168 Å². The first kappa shape index (κ1) is 17.3. The van der Waals surface area contributed by atoms with E-state index in [0.29, 0.717) is 0 Å². The lowest BCUT2D eigenvalue weighted by atomic mass is 10.1. The van der Waals surface area contributed by atoms with Crippen molar-refractivity contribution in [1.29, 1.82) is 0 Å². The van der Waals surface area contributed by atoms with Gasteiger partial charge in [-0.15, -0.1) is 11.3 Å². The van der Waals surface area contributed by atoms with E-state index in [1.165, 1.54) is 10.1 Å². The van der Waals surface area contributed by atoms with Gasteiger partial charge in [-0.3, -0.25) is 9.69 Å². The fourth-order valence-electron chi connectivity index (χ4n) is 3.79. The Bertz CT molecular complexity index is 1110. The second kappa shape index (κ2) is 7.34. The summed E-state index contributed by atoms with van der Waals surface area (Å²) in [7, 11) is 0. The Hall–Kier alpha value is -2.76. The first-order valence-corrected chi connectivity index (χ1v) is 10.4. The lowest BCUT2D eigenvalue weighted by Crippen LogP contribution is -2.48. The number of hydrogen-bond donors (Lipinski definition) is 0. The zero-order valence-electron chi connectivity index (χ0n) is 15.5.